The van der Waals surface area contributed by atoms with E-state index in [1.54, 1.807) is 29.1 Å². The highest BCUT2D eigenvalue weighted by molar-refractivity contribution is 6.31. The molecule has 3 aromatic carbocycles. The molecule has 0 aliphatic rings. The number of benzene rings is 3. The van der Waals surface area contributed by atoms with Gasteiger partial charge in [0.1, 0.15) is 12.4 Å². The van der Waals surface area contributed by atoms with Crippen LogP contribution in [0.4, 0.5) is 4.39 Å². The molecule has 156 valence electrons. The molecule has 0 unspecified atom stereocenters. The number of rotatable bonds is 6. The summed E-state index contributed by atoms with van der Waals surface area (Å²) in [6, 6.07) is 21.1. The van der Waals surface area contributed by atoms with Crippen LogP contribution in [0.15, 0.2) is 79.0 Å². The number of aromatic nitrogens is 2. The van der Waals surface area contributed by atoms with E-state index in [1.165, 1.54) is 12.1 Å². The van der Waals surface area contributed by atoms with Gasteiger partial charge in [0.2, 0.25) is 0 Å². The summed E-state index contributed by atoms with van der Waals surface area (Å²) in [6.45, 7) is -0.243. The molecule has 1 heterocycles. The van der Waals surface area contributed by atoms with Gasteiger partial charge < -0.3 is 4.74 Å². The molecule has 7 heteroatoms. The van der Waals surface area contributed by atoms with Crippen LogP contribution in [0, 0.1) is 5.82 Å². The third kappa shape index (κ3) is 4.95. The summed E-state index contributed by atoms with van der Waals surface area (Å²) in [7, 11) is 0. The van der Waals surface area contributed by atoms with Gasteiger partial charge in [-0.05, 0) is 36.4 Å². The summed E-state index contributed by atoms with van der Waals surface area (Å²) < 4.78 is 20.9. The third-order valence-electron chi connectivity index (χ3n) is 4.70. The quantitative estimate of drug-likeness (QED) is 0.322. The summed E-state index contributed by atoms with van der Waals surface area (Å²) in [5.74, 6) is -1.03. The topological polar surface area (TPSA) is 44.1 Å². The molecular formula is C24H17Cl2FN2O2. The van der Waals surface area contributed by atoms with Crippen molar-refractivity contribution in [3.8, 4) is 16.9 Å². The number of halogens is 3. The molecule has 4 aromatic rings. The van der Waals surface area contributed by atoms with Crippen molar-refractivity contribution in [2.45, 2.75) is 13.0 Å². The third-order valence-corrected chi connectivity index (χ3v) is 5.31. The summed E-state index contributed by atoms with van der Waals surface area (Å²) in [5, 5.41) is 5.48. The van der Waals surface area contributed by atoms with E-state index in [2.05, 4.69) is 5.10 Å². The highest BCUT2D eigenvalue weighted by Crippen LogP contribution is 2.26. The average molecular weight is 455 g/mol. The number of hydrogen-bond acceptors (Lipinski definition) is 3. The van der Waals surface area contributed by atoms with Crippen molar-refractivity contribution in [2.75, 3.05) is 0 Å². The maximum Gasteiger partial charge on any atom is 0.310 e. The lowest BCUT2D eigenvalue weighted by molar-refractivity contribution is -0.144. The van der Waals surface area contributed by atoms with Gasteiger partial charge in [-0.3, -0.25) is 4.79 Å². The standard InChI is InChI=1S/C24H17Cl2FN2O2/c25-18-11-9-16(10-12-18)24-17(14-29(28-24)19-5-2-1-3-6-19)13-23(30)31-15-20-21(26)7-4-8-22(20)27/h1-12,14H,13,15H2. The van der Waals surface area contributed by atoms with Crippen LogP contribution >= 0.6 is 23.2 Å². The lowest BCUT2D eigenvalue weighted by Crippen LogP contribution is -2.09. The Hall–Kier alpha value is -3.15. The molecule has 0 N–H and O–H groups in total. The van der Waals surface area contributed by atoms with E-state index in [0.717, 1.165) is 11.3 Å². The fourth-order valence-electron chi connectivity index (χ4n) is 3.13. The van der Waals surface area contributed by atoms with Crippen LogP contribution in [-0.4, -0.2) is 15.7 Å². The van der Waals surface area contributed by atoms with Gasteiger partial charge in [0, 0.05) is 27.9 Å². The van der Waals surface area contributed by atoms with Crippen LogP contribution in [0.25, 0.3) is 16.9 Å². The number of hydrogen-bond donors (Lipinski definition) is 0. The van der Waals surface area contributed by atoms with Gasteiger partial charge in [-0.15, -0.1) is 0 Å². The number of carbonyl (C=O) groups is 1. The van der Waals surface area contributed by atoms with Crippen molar-refractivity contribution < 1.29 is 13.9 Å². The Morgan fingerprint density at radius 3 is 2.42 bits per heavy atom. The van der Waals surface area contributed by atoms with Gasteiger partial charge >= 0.3 is 5.97 Å². The van der Waals surface area contributed by atoms with Crippen LogP contribution in [0.3, 0.4) is 0 Å². The van der Waals surface area contributed by atoms with E-state index < -0.39 is 11.8 Å². The predicted octanol–water partition coefficient (Wildman–Crippen LogP) is 6.27. The van der Waals surface area contributed by atoms with E-state index >= 15 is 0 Å². The molecule has 0 bridgehead atoms. The zero-order chi connectivity index (χ0) is 21.8. The lowest BCUT2D eigenvalue weighted by atomic mass is 10.1. The van der Waals surface area contributed by atoms with Gasteiger partial charge in [-0.1, -0.05) is 59.6 Å². The average Bonchev–Trinajstić information content (AvgIpc) is 3.18. The molecule has 0 fully saturated rings. The predicted molar refractivity (Wildman–Crippen MR) is 119 cm³/mol. The molecule has 31 heavy (non-hydrogen) atoms. The minimum absolute atomic E-state index is 0.0309. The Balaban J connectivity index is 1.59. The minimum Gasteiger partial charge on any atom is -0.460 e. The van der Waals surface area contributed by atoms with Gasteiger partial charge in [0.25, 0.3) is 0 Å². The van der Waals surface area contributed by atoms with E-state index in [-0.39, 0.29) is 23.6 Å². The van der Waals surface area contributed by atoms with E-state index in [1.807, 2.05) is 42.5 Å². The number of ether oxygens (including phenoxy) is 1. The monoisotopic (exact) mass is 454 g/mol. The summed E-state index contributed by atoms with van der Waals surface area (Å²) >= 11 is 12.0. The van der Waals surface area contributed by atoms with Gasteiger partial charge in [-0.2, -0.15) is 5.10 Å². The maximum absolute atomic E-state index is 13.9. The van der Waals surface area contributed by atoms with Crippen LogP contribution in [0.2, 0.25) is 10.0 Å². The first-order valence-corrected chi connectivity index (χ1v) is 10.3. The van der Waals surface area contributed by atoms with Crippen LogP contribution < -0.4 is 0 Å². The van der Waals surface area contributed by atoms with E-state index in [0.29, 0.717) is 16.3 Å². The van der Waals surface area contributed by atoms with Crippen LogP contribution in [-0.2, 0) is 22.6 Å². The maximum atomic E-state index is 13.9. The second kappa shape index (κ2) is 9.33. The zero-order valence-electron chi connectivity index (χ0n) is 16.3. The first kappa shape index (κ1) is 21.1. The molecule has 0 radical (unpaired) electrons. The number of nitrogens with zero attached hydrogens (tertiary/aromatic N) is 2. The van der Waals surface area contributed by atoms with Crippen LogP contribution in [0.1, 0.15) is 11.1 Å². The Morgan fingerprint density at radius 2 is 1.71 bits per heavy atom. The van der Waals surface area contributed by atoms with Crippen molar-refractivity contribution in [1.82, 2.24) is 9.78 Å². The van der Waals surface area contributed by atoms with Crippen molar-refractivity contribution >= 4 is 29.2 Å². The number of para-hydroxylation sites is 1. The van der Waals surface area contributed by atoms with E-state index in [4.69, 9.17) is 27.9 Å². The molecule has 0 saturated carbocycles. The van der Waals surface area contributed by atoms with Gasteiger partial charge in [-0.25, -0.2) is 9.07 Å². The van der Waals surface area contributed by atoms with Gasteiger partial charge in [0.15, 0.2) is 0 Å². The van der Waals surface area contributed by atoms with E-state index in [9.17, 15) is 9.18 Å². The zero-order valence-corrected chi connectivity index (χ0v) is 17.8. The molecule has 0 aliphatic heterocycles. The first-order valence-electron chi connectivity index (χ1n) is 9.49. The molecular weight excluding hydrogens is 438 g/mol. The van der Waals surface area contributed by atoms with Crippen molar-refractivity contribution in [1.29, 1.82) is 0 Å². The SMILES string of the molecule is O=C(Cc1cn(-c2ccccc2)nc1-c1ccc(Cl)cc1)OCc1c(F)cccc1Cl. The molecule has 0 amide bonds. The molecule has 0 aliphatic carbocycles. The Morgan fingerprint density at radius 1 is 0.968 bits per heavy atom. The second-order valence-corrected chi connectivity index (χ2v) is 7.67. The largest absolute Gasteiger partial charge is 0.460 e. The van der Waals surface area contributed by atoms with Crippen LogP contribution in [0.5, 0.6) is 0 Å². The highest BCUT2D eigenvalue weighted by atomic mass is 35.5. The molecule has 0 atom stereocenters. The molecule has 0 saturated heterocycles. The first-order chi connectivity index (χ1) is 15.0. The molecule has 0 spiro atoms. The lowest BCUT2D eigenvalue weighted by Gasteiger charge is -2.08. The second-order valence-electron chi connectivity index (χ2n) is 6.83. The van der Waals surface area contributed by atoms with Crippen molar-refractivity contribution in [3.63, 3.8) is 0 Å². The van der Waals surface area contributed by atoms with Gasteiger partial charge in [0.05, 0.1) is 22.8 Å². The Labute approximate surface area is 188 Å². The molecule has 1 aromatic heterocycles. The van der Waals surface area contributed by atoms with Crippen molar-refractivity contribution in [3.05, 3.63) is 106 Å². The summed E-state index contributed by atoms with van der Waals surface area (Å²) in [4.78, 5) is 12.5. The normalized spacial score (nSPS) is 10.8. The molecule has 4 nitrogen and oxygen atoms in total. The van der Waals surface area contributed by atoms with Crippen molar-refractivity contribution in [2.24, 2.45) is 0 Å². The Bertz CT molecular complexity index is 1190. The Kier molecular flexibility index (Phi) is 6.35. The minimum atomic E-state index is -0.515. The smallest absolute Gasteiger partial charge is 0.310 e. The fourth-order valence-corrected chi connectivity index (χ4v) is 3.48. The number of esters is 1. The highest BCUT2D eigenvalue weighted by Gasteiger charge is 2.17. The summed E-state index contributed by atoms with van der Waals surface area (Å²) in [6.07, 6.45) is 1.76. The summed E-state index contributed by atoms with van der Waals surface area (Å²) in [5.41, 5.74) is 3.14. The number of carbonyl (C=O) groups excluding carboxylic acids is 1. The molecule has 4 rings (SSSR count). The fraction of sp³-hybridized carbons (Fsp3) is 0.0833.